The van der Waals surface area contributed by atoms with Gasteiger partial charge in [-0.05, 0) is 54.4 Å². The second-order valence-electron chi connectivity index (χ2n) is 18.9. The summed E-state index contributed by atoms with van der Waals surface area (Å²) in [6.45, 7) is 6.01. The van der Waals surface area contributed by atoms with Crippen molar-refractivity contribution in [2.45, 2.75) is 60.3 Å². The first kappa shape index (κ1) is 59.8. The van der Waals surface area contributed by atoms with Gasteiger partial charge in [0, 0.05) is 23.7 Å². The van der Waals surface area contributed by atoms with Crippen molar-refractivity contribution < 1.29 is 97.2 Å². The largest absolute Gasteiger partial charge is 0.483 e. The van der Waals surface area contributed by atoms with E-state index in [1.165, 1.54) is 57.5 Å². The van der Waals surface area contributed by atoms with Crippen LogP contribution in [0.2, 0.25) is 0 Å². The lowest BCUT2D eigenvalue weighted by atomic mass is 9.33. The van der Waals surface area contributed by atoms with Crippen LogP contribution in [0.5, 0.6) is 0 Å². The fourth-order valence-electron chi connectivity index (χ4n) is 9.92. The second kappa shape index (κ2) is 22.7. The Morgan fingerprint density at radius 3 is 1.04 bits per heavy atom. The van der Waals surface area contributed by atoms with Crippen molar-refractivity contribution in [2.75, 3.05) is 4.81 Å². The summed E-state index contributed by atoms with van der Waals surface area (Å²) in [4.78, 5) is 2.20. The molecule has 1 radical (unpaired) electrons. The molecule has 0 spiro atoms. The number of aryl methyl sites for hydroxylation is 1. The van der Waals surface area contributed by atoms with E-state index in [2.05, 4.69) is 19.1 Å². The number of para-hydroxylation sites is 2. The fourth-order valence-corrected chi connectivity index (χ4v) is 9.92. The Balaban J connectivity index is 0.00000122. The predicted molar refractivity (Wildman–Crippen MR) is 260 cm³/mol. The molecule has 80 heavy (non-hydrogen) atoms. The van der Waals surface area contributed by atoms with E-state index in [0.29, 0.717) is 15.5 Å². The van der Waals surface area contributed by atoms with Crippen LogP contribution in [0.3, 0.4) is 0 Å². The Morgan fingerprint density at radius 1 is 0.412 bits per heavy atom. The Kier molecular flexibility index (Phi) is 17.0. The second-order valence-corrected chi connectivity index (χ2v) is 18.9. The molecule has 1 heterocycles. The molecule has 1 aliphatic heterocycles. The minimum atomic E-state index is -5.42. The quantitative estimate of drug-likeness (QED) is 0.0476. The summed E-state index contributed by atoms with van der Waals surface area (Å²) in [6, 6.07) is 19.4. The van der Waals surface area contributed by atoms with Gasteiger partial charge in [-0.25, -0.2) is 87.8 Å². The molecule has 3 nitrogen and oxygen atoms in total. The van der Waals surface area contributed by atoms with Crippen LogP contribution in [-0.2, 0) is 0 Å². The molecule has 25 heteroatoms. The third-order valence-corrected chi connectivity index (χ3v) is 13.6. The summed E-state index contributed by atoms with van der Waals surface area (Å²) < 4.78 is 315. The average Bonchev–Trinajstić information content (AvgIpc) is 3.63. The highest BCUT2D eigenvalue weighted by molar-refractivity contribution is 7.00. The van der Waals surface area contributed by atoms with Gasteiger partial charge in [0.05, 0.1) is 0 Å². The summed E-state index contributed by atoms with van der Waals surface area (Å²) in [7, 11) is 0. The maximum absolute atomic E-state index is 17.2. The molecular weight excluding hydrogens is 1100 g/mol. The smallest absolute Gasteiger partial charge is 0.446 e. The summed E-state index contributed by atoms with van der Waals surface area (Å²) in [5.41, 5.74) is -11.8. The van der Waals surface area contributed by atoms with Crippen LogP contribution >= 0.6 is 0 Å². The van der Waals surface area contributed by atoms with Crippen molar-refractivity contribution in [1.82, 2.24) is 0 Å². The van der Waals surface area contributed by atoms with Crippen LogP contribution in [0.25, 0.3) is 0 Å². The molecule has 0 atom stereocenters. The molecule has 0 aromatic heterocycles. The number of nitrogens with zero attached hydrogens (tertiary/aromatic N) is 2. The van der Waals surface area contributed by atoms with Gasteiger partial charge in [0.2, 0.25) is 0 Å². The van der Waals surface area contributed by atoms with E-state index in [9.17, 15) is 26.3 Å². The van der Waals surface area contributed by atoms with E-state index < -0.39 is 192 Å². The van der Waals surface area contributed by atoms with Crippen LogP contribution in [-0.4, -0.2) is 29.7 Å². The van der Waals surface area contributed by atoms with Gasteiger partial charge in [-0.2, -0.15) is 0 Å². The molecule has 1 aliphatic rings. The summed E-state index contributed by atoms with van der Waals surface area (Å²) in [5.74, 6) is -59.1. The molecule has 1 N–H and O–H groups in total. The van der Waals surface area contributed by atoms with Crippen molar-refractivity contribution in [3.8, 4) is 0 Å². The van der Waals surface area contributed by atoms with Gasteiger partial charge in [0.15, 0.2) is 75.5 Å². The van der Waals surface area contributed by atoms with Gasteiger partial charge >= 0.3 is 6.42 Å². The number of anilines is 1. The Morgan fingerprint density at radius 2 is 0.725 bits per heavy atom. The monoisotopic (exact) mass is 1140 g/mol. The minimum absolute atomic E-state index is 0.0786. The Labute approximate surface area is 442 Å². The van der Waals surface area contributed by atoms with E-state index in [0.717, 1.165) is 38.1 Å². The number of hydrogen-bond donors (Lipinski definition) is 1. The zero-order valence-electron chi connectivity index (χ0n) is 42.3. The molecule has 7 aromatic rings. The van der Waals surface area contributed by atoms with Crippen molar-refractivity contribution in [1.29, 1.82) is 0 Å². The first-order valence-corrected chi connectivity index (χ1v) is 23.7. The molecule has 0 saturated carbocycles. The van der Waals surface area contributed by atoms with Crippen molar-refractivity contribution in [2.24, 2.45) is 0 Å². The van der Waals surface area contributed by atoms with E-state index in [4.69, 9.17) is 0 Å². The van der Waals surface area contributed by atoms with Gasteiger partial charge in [0.25, 0.3) is 6.85 Å². The third-order valence-electron chi connectivity index (χ3n) is 13.6. The maximum Gasteiger partial charge on any atom is 0.446 e. The highest BCUT2D eigenvalue weighted by atomic mass is 19.2. The number of hydrogen-bond acceptors (Lipinski definition) is 1. The zero-order chi connectivity index (χ0) is 59.5. The summed E-state index contributed by atoms with van der Waals surface area (Å²) >= 11 is 0. The molecule has 0 aliphatic carbocycles. The molecule has 0 bridgehead atoms. The normalized spacial score (nSPS) is 13.7. The van der Waals surface area contributed by atoms with E-state index in [1.807, 2.05) is 23.1 Å². The molecule has 0 fully saturated rings. The molecule has 7 aromatic carbocycles. The number of nitrogens with one attached hydrogen (secondary N) is 1. The fraction of sp³-hybridized carbons (Fsp3) is 0.164. The number of allylic oxidation sites excluding steroid dienone is 2. The Hall–Kier alpha value is -7.85. The average molecular weight is 1140 g/mol. The standard InChI is InChI=1S/C48H30B2F20N3.C7H8/c1-16(2)21-13-10-14-22(17(3)4)48(21)73-19(6)23(15-71-49(24-28(51)36(59)44(67)37(60)29(24)52)25-30(53)38(61)45(68)39(62)31(25)54)18(5)72(20-11-8-7-9-12-20)50(73,26-32(55)40(63)46(69)41(64)33(26)56)27-34(57)42(65)47(70)43(66)35(27)58;1-7-5-3-2-4-6-7/h7-17,71H,1-6H3;2-6H,1H3/b71-15+;. The highest BCUT2D eigenvalue weighted by Gasteiger charge is 2.61. The lowest BCUT2D eigenvalue weighted by Crippen LogP contribution is -2.90. The highest BCUT2D eigenvalue weighted by Crippen LogP contribution is 2.44. The molecule has 0 saturated heterocycles. The van der Waals surface area contributed by atoms with Crippen molar-refractivity contribution in [3.63, 3.8) is 0 Å². The molecular formula is C55H38B2F20N3. The van der Waals surface area contributed by atoms with E-state index >= 15 is 61.5 Å². The van der Waals surface area contributed by atoms with Crippen LogP contribution in [0.1, 0.15) is 70.1 Å². The van der Waals surface area contributed by atoms with E-state index in [-0.39, 0.29) is 11.1 Å². The van der Waals surface area contributed by atoms with Crippen LogP contribution < -0.4 is 31.6 Å². The van der Waals surface area contributed by atoms with Crippen molar-refractivity contribution >= 4 is 58.4 Å². The maximum atomic E-state index is 17.2. The van der Waals surface area contributed by atoms with Crippen LogP contribution in [0.15, 0.2) is 90.1 Å². The Bertz CT molecular complexity index is 3460. The molecule has 0 unspecified atom stereocenters. The number of benzene rings is 7. The topological polar surface area (TPSA) is 20.2 Å². The van der Waals surface area contributed by atoms with Gasteiger partial charge in [-0.3, -0.25) is 0 Å². The van der Waals surface area contributed by atoms with Gasteiger partial charge in [-0.15, -0.1) is 0 Å². The minimum Gasteiger partial charge on any atom is -0.483 e. The summed E-state index contributed by atoms with van der Waals surface area (Å²) in [5, 5.41) is 0. The molecule has 0 amide bonds. The lowest BCUT2D eigenvalue weighted by molar-refractivity contribution is -0.298. The third kappa shape index (κ3) is 9.58. The first-order valence-electron chi connectivity index (χ1n) is 23.7. The van der Waals surface area contributed by atoms with E-state index in [1.54, 1.807) is 0 Å². The van der Waals surface area contributed by atoms with Crippen molar-refractivity contribution in [3.05, 3.63) is 223 Å². The molecule has 8 rings (SSSR count). The van der Waals surface area contributed by atoms with Gasteiger partial charge in [0.1, 0.15) is 64.0 Å². The van der Waals surface area contributed by atoms with Gasteiger partial charge in [-0.1, -0.05) is 111 Å². The SMILES string of the molecule is CC1=C(/C=[NH+]/[B-](c2c(F)c(F)c(F)c(F)c2F)c2c(F)c(F)c(F)c(F)c2F)C(C)=[N+](c2c(C(C)C)cccc2C(C)C)[B-](c2c(F)c(F)c(F)c(F)c2F)(c2c(F)c(F)c(F)c(F)c2F)N1c1ccccc1.Cc1ccccc1. The molecule has 419 valence electrons. The lowest BCUT2D eigenvalue weighted by Gasteiger charge is -2.53. The predicted octanol–water partition coefficient (Wildman–Crippen LogP) is 11.8. The zero-order valence-corrected chi connectivity index (χ0v) is 42.3. The van der Waals surface area contributed by atoms with Crippen LogP contribution in [0.4, 0.5) is 99.2 Å². The van der Waals surface area contributed by atoms with Gasteiger partial charge < -0.3 is 14.2 Å². The summed E-state index contributed by atoms with van der Waals surface area (Å²) in [6.07, 6.45) is -5.12. The number of rotatable bonds is 10. The van der Waals surface area contributed by atoms with Crippen LogP contribution in [0, 0.1) is 123 Å². The number of halogens is 20. The first-order chi connectivity index (χ1) is 37.5.